The van der Waals surface area contributed by atoms with Gasteiger partial charge < -0.3 is 9.47 Å². The highest BCUT2D eigenvalue weighted by Gasteiger charge is 2.33. The highest BCUT2D eigenvalue weighted by atomic mass is 16.5. The Morgan fingerprint density at radius 2 is 1.95 bits per heavy atom. The molecule has 0 saturated heterocycles. The molecule has 0 bridgehead atoms. The lowest BCUT2D eigenvalue weighted by Crippen LogP contribution is -2.11. The van der Waals surface area contributed by atoms with Crippen molar-refractivity contribution in [3.8, 4) is 5.75 Å². The number of rotatable bonds is 7. The molecule has 2 rings (SSSR count). The summed E-state index contributed by atoms with van der Waals surface area (Å²) in [6, 6.07) is 7.83. The molecule has 0 saturated carbocycles. The SMILES string of the molecule is CCCCCCC1OC(=O)C(C)=C1c1ccccc1OC. The van der Waals surface area contributed by atoms with Crippen LogP contribution in [0, 0.1) is 0 Å². The number of carbonyl (C=O) groups excluding carboxylic acids is 1. The highest BCUT2D eigenvalue weighted by Crippen LogP contribution is 2.38. The van der Waals surface area contributed by atoms with E-state index in [1.807, 2.05) is 31.2 Å². The van der Waals surface area contributed by atoms with Crippen molar-refractivity contribution in [2.24, 2.45) is 0 Å². The van der Waals surface area contributed by atoms with Gasteiger partial charge in [0.25, 0.3) is 0 Å². The molecule has 1 aromatic rings. The number of unbranched alkanes of at least 4 members (excludes halogenated alkanes) is 3. The minimum absolute atomic E-state index is 0.134. The summed E-state index contributed by atoms with van der Waals surface area (Å²) in [5.41, 5.74) is 2.68. The second kappa shape index (κ2) is 7.30. The fraction of sp³-hybridized carbons (Fsp3) is 0.500. The molecule has 1 aliphatic rings. The molecule has 0 fully saturated rings. The van der Waals surface area contributed by atoms with Crippen molar-refractivity contribution in [3.05, 3.63) is 35.4 Å². The number of carbonyl (C=O) groups is 1. The van der Waals surface area contributed by atoms with Crippen LogP contribution in [-0.4, -0.2) is 19.2 Å². The standard InChI is InChI=1S/C18H24O3/c1-4-5-6-7-12-16-17(13(2)18(19)21-16)14-10-8-9-11-15(14)20-3/h8-11,16H,4-7,12H2,1-3H3. The van der Waals surface area contributed by atoms with Crippen LogP contribution >= 0.6 is 0 Å². The number of methoxy groups -OCH3 is 1. The van der Waals surface area contributed by atoms with Crippen molar-refractivity contribution >= 4 is 11.5 Å². The molecule has 1 atom stereocenters. The summed E-state index contributed by atoms with van der Waals surface area (Å²) in [5.74, 6) is 0.597. The first kappa shape index (κ1) is 15.6. The summed E-state index contributed by atoms with van der Waals surface area (Å²) in [6.45, 7) is 4.04. The van der Waals surface area contributed by atoms with Gasteiger partial charge in [0.15, 0.2) is 0 Å². The highest BCUT2D eigenvalue weighted by molar-refractivity contribution is 6.03. The number of cyclic esters (lactones) is 1. The van der Waals surface area contributed by atoms with Crippen LogP contribution in [0.5, 0.6) is 5.75 Å². The van der Waals surface area contributed by atoms with Crippen molar-refractivity contribution in [1.82, 2.24) is 0 Å². The minimum Gasteiger partial charge on any atom is -0.496 e. The first-order chi connectivity index (χ1) is 10.2. The molecule has 1 aromatic carbocycles. The number of esters is 1. The van der Waals surface area contributed by atoms with Gasteiger partial charge in [-0.25, -0.2) is 4.79 Å². The average molecular weight is 288 g/mol. The first-order valence-electron chi connectivity index (χ1n) is 7.74. The predicted molar refractivity (Wildman–Crippen MR) is 84.2 cm³/mol. The topological polar surface area (TPSA) is 35.5 Å². The molecule has 0 amide bonds. The van der Waals surface area contributed by atoms with Gasteiger partial charge in [0.05, 0.1) is 7.11 Å². The fourth-order valence-electron chi connectivity index (χ4n) is 2.83. The van der Waals surface area contributed by atoms with E-state index in [1.165, 1.54) is 19.3 Å². The molecular weight excluding hydrogens is 264 g/mol. The number of benzene rings is 1. The van der Waals surface area contributed by atoms with Crippen LogP contribution in [0.1, 0.15) is 51.5 Å². The lowest BCUT2D eigenvalue weighted by Gasteiger charge is -2.16. The molecule has 3 heteroatoms. The van der Waals surface area contributed by atoms with E-state index in [4.69, 9.17) is 9.47 Å². The van der Waals surface area contributed by atoms with Crippen LogP contribution < -0.4 is 4.74 Å². The summed E-state index contributed by atoms with van der Waals surface area (Å²) in [7, 11) is 1.66. The van der Waals surface area contributed by atoms with E-state index in [1.54, 1.807) is 7.11 Å². The fourth-order valence-corrected chi connectivity index (χ4v) is 2.83. The van der Waals surface area contributed by atoms with Crippen LogP contribution in [0.3, 0.4) is 0 Å². The quantitative estimate of drug-likeness (QED) is 0.552. The Bertz CT molecular complexity index is 531. The zero-order chi connectivity index (χ0) is 15.2. The van der Waals surface area contributed by atoms with Crippen molar-refractivity contribution in [2.45, 2.75) is 52.1 Å². The number of hydrogen-bond donors (Lipinski definition) is 0. The third-order valence-electron chi connectivity index (χ3n) is 4.00. The molecule has 0 spiro atoms. The van der Waals surface area contributed by atoms with Crippen molar-refractivity contribution < 1.29 is 14.3 Å². The van der Waals surface area contributed by atoms with Gasteiger partial charge in [0, 0.05) is 16.7 Å². The van der Waals surface area contributed by atoms with Gasteiger partial charge in [-0.05, 0) is 25.8 Å². The summed E-state index contributed by atoms with van der Waals surface area (Å²) in [4.78, 5) is 11.9. The zero-order valence-electron chi connectivity index (χ0n) is 13.1. The van der Waals surface area contributed by atoms with Crippen LogP contribution in [0.15, 0.2) is 29.8 Å². The largest absolute Gasteiger partial charge is 0.496 e. The van der Waals surface area contributed by atoms with Crippen LogP contribution in [0.25, 0.3) is 5.57 Å². The summed E-state index contributed by atoms with van der Waals surface area (Å²) < 4.78 is 11.0. The van der Waals surface area contributed by atoms with Crippen LogP contribution in [0.4, 0.5) is 0 Å². The zero-order valence-corrected chi connectivity index (χ0v) is 13.1. The van der Waals surface area contributed by atoms with E-state index < -0.39 is 0 Å². The lowest BCUT2D eigenvalue weighted by atomic mass is 9.93. The summed E-state index contributed by atoms with van der Waals surface area (Å²) >= 11 is 0. The smallest absolute Gasteiger partial charge is 0.334 e. The molecule has 21 heavy (non-hydrogen) atoms. The number of para-hydroxylation sites is 1. The lowest BCUT2D eigenvalue weighted by molar-refractivity contribution is -0.139. The van der Waals surface area contributed by atoms with E-state index in [2.05, 4.69) is 6.92 Å². The van der Waals surface area contributed by atoms with Gasteiger partial charge >= 0.3 is 5.97 Å². The Labute approximate surface area is 127 Å². The Hall–Kier alpha value is -1.77. The Morgan fingerprint density at radius 1 is 1.19 bits per heavy atom. The molecular formula is C18H24O3. The van der Waals surface area contributed by atoms with Gasteiger partial charge in [-0.15, -0.1) is 0 Å². The first-order valence-corrected chi connectivity index (χ1v) is 7.74. The van der Waals surface area contributed by atoms with Gasteiger partial charge in [-0.1, -0.05) is 44.4 Å². The Morgan fingerprint density at radius 3 is 2.67 bits per heavy atom. The molecule has 3 nitrogen and oxygen atoms in total. The van der Waals surface area contributed by atoms with Crippen molar-refractivity contribution in [2.75, 3.05) is 7.11 Å². The second-order valence-corrected chi connectivity index (χ2v) is 5.48. The van der Waals surface area contributed by atoms with E-state index in [0.29, 0.717) is 5.57 Å². The second-order valence-electron chi connectivity index (χ2n) is 5.48. The third-order valence-corrected chi connectivity index (χ3v) is 4.00. The molecule has 0 N–H and O–H groups in total. The van der Waals surface area contributed by atoms with Crippen molar-refractivity contribution in [3.63, 3.8) is 0 Å². The van der Waals surface area contributed by atoms with Gasteiger partial charge in [0.2, 0.25) is 0 Å². The van der Waals surface area contributed by atoms with Gasteiger partial charge in [-0.3, -0.25) is 0 Å². The van der Waals surface area contributed by atoms with E-state index >= 15 is 0 Å². The van der Waals surface area contributed by atoms with Crippen LogP contribution in [0.2, 0.25) is 0 Å². The van der Waals surface area contributed by atoms with Gasteiger partial charge in [0.1, 0.15) is 11.9 Å². The molecule has 1 heterocycles. The molecule has 1 aliphatic heterocycles. The molecule has 0 aromatic heterocycles. The predicted octanol–water partition coefficient (Wildman–Crippen LogP) is 4.36. The molecule has 114 valence electrons. The Kier molecular flexibility index (Phi) is 5.43. The molecule has 0 aliphatic carbocycles. The average Bonchev–Trinajstić information content (AvgIpc) is 2.78. The Balaban J connectivity index is 2.22. The maximum atomic E-state index is 11.9. The normalized spacial score (nSPS) is 18.0. The number of hydrogen-bond acceptors (Lipinski definition) is 3. The molecule has 0 radical (unpaired) electrons. The van der Waals surface area contributed by atoms with Crippen molar-refractivity contribution in [1.29, 1.82) is 0 Å². The number of ether oxygens (including phenoxy) is 2. The summed E-state index contributed by atoms with van der Waals surface area (Å²) in [6.07, 6.45) is 5.45. The van der Waals surface area contributed by atoms with E-state index in [-0.39, 0.29) is 12.1 Å². The monoisotopic (exact) mass is 288 g/mol. The maximum Gasteiger partial charge on any atom is 0.334 e. The molecule has 1 unspecified atom stereocenters. The van der Waals surface area contributed by atoms with E-state index in [9.17, 15) is 4.79 Å². The van der Waals surface area contributed by atoms with E-state index in [0.717, 1.165) is 29.7 Å². The summed E-state index contributed by atoms with van der Waals surface area (Å²) in [5, 5.41) is 0. The minimum atomic E-state index is -0.198. The maximum absolute atomic E-state index is 11.9. The van der Waals surface area contributed by atoms with Gasteiger partial charge in [-0.2, -0.15) is 0 Å². The third kappa shape index (κ3) is 3.46. The van der Waals surface area contributed by atoms with Crippen LogP contribution in [-0.2, 0) is 9.53 Å².